The fourth-order valence-electron chi connectivity index (χ4n) is 1.49. The Bertz CT molecular complexity index is 466. The highest BCUT2D eigenvalue weighted by Crippen LogP contribution is 2.05. The van der Waals surface area contributed by atoms with E-state index >= 15 is 0 Å². The molecule has 0 bridgehead atoms. The molecular formula is C14H18N2O3. The third kappa shape index (κ3) is 4.91. The number of hydrogen-bond donors (Lipinski definition) is 1. The molecule has 19 heavy (non-hydrogen) atoms. The zero-order valence-corrected chi connectivity index (χ0v) is 11.2. The predicted molar refractivity (Wildman–Crippen MR) is 72.8 cm³/mol. The molecule has 0 atom stereocenters. The summed E-state index contributed by atoms with van der Waals surface area (Å²) in [6.07, 6.45) is 5.95. The Kier molecular flexibility index (Phi) is 5.73. The van der Waals surface area contributed by atoms with Crippen molar-refractivity contribution in [3.8, 4) is 0 Å². The third-order valence-electron chi connectivity index (χ3n) is 2.62. The van der Waals surface area contributed by atoms with Crippen LogP contribution in [0, 0.1) is 0 Å². The molecule has 1 heterocycles. The Morgan fingerprint density at radius 2 is 2.16 bits per heavy atom. The maximum atomic E-state index is 12.0. The van der Waals surface area contributed by atoms with Crippen LogP contribution >= 0.6 is 0 Å². The van der Waals surface area contributed by atoms with Crippen molar-refractivity contribution in [2.75, 3.05) is 13.6 Å². The van der Waals surface area contributed by atoms with E-state index in [0.717, 1.165) is 18.9 Å². The average Bonchev–Trinajstić information content (AvgIpc) is 2.42. The van der Waals surface area contributed by atoms with E-state index < -0.39 is 5.97 Å². The molecular weight excluding hydrogens is 244 g/mol. The van der Waals surface area contributed by atoms with Crippen LogP contribution < -0.4 is 0 Å². The molecule has 0 saturated carbocycles. The topological polar surface area (TPSA) is 70.5 Å². The summed E-state index contributed by atoms with van der Waals surface area (Å²) in [5.74, 6) is -1.14. The summed E-state index contributed by atoms with van der Waals surface area (Å²) in [4.78, 5) is 28.0. The quantitative estimate of drug-likeness (QED) is 0.796. The van der Waals surface area contributed by atoms with Gasteiger partial charge in [-0.15, -0.1) is 0 Å². The van der Waals surface area contributed by atoms with Gasteiger partial charge < -0.3 is 10.0 Å². The van der Waals surface area contributed by atoms with Gasteiger partial charge in [0.05, 0.1) is 0 Å². The maximum Gasteiger partial charge on any atom is 0.328 e. The summed E-state index contributed by atoms with van der Waals surface area (Å²) in [7, 11) is 1.75. The molecule has 0 radical (unpaired) electrons. The highest BCUT2D eigenvalue weighted by molar-refractivity contribution is 5.92. The van der Waals surface area contributed by atoms with Gasteiger partial charge in [-0.3, -0.25) is 9.78 Å². The summed E-state index contributed by atoms with van der Waals surface area (Å²) in [5, 5.41) is 8.50. The molecule has 0 unspecified atom stereocenters. The van der Waals surface area contributed by atoms with Gasteiger partial charge in [0.25, 0.3) is 5.91 Å². The van der Waals surface area contributed by atoms with E-state index in [0.29, 0.717) is 17.8 Å². The molecule has 1 amide bonds. The molecule has 0 aliphatic carbocycles. The standard InChI is InChI=1S/C14H18N2O3/c1-3-4-9-16(2)14(19)12-7-5-11(10-15-12)6-8-13(17)18/h5-8,10H,3-4,9H2,1-2H3,(H,17,18). The number of carbonyl (C=O) groups excluding carboxylic acids is 1. The van der Waals surface area contributed by atoms with Gasteiger partial charge in [0.15, 0.2) is 0 Å². The van der Waals surface area contributed by atoms with Gasteiger partial charge >= 0.3 is 5.97 Å². The molecule has 0 aliphatic rings. The van der Waals surface area contributed by atoms with Crippen LogP contribution in [0.1, 0.15) is 35.8 Å². The highest BCUT2D eigenvalue weighted by atomic mass is 16.4. The van der Waals surface area contributed by atoms with E-state index in [1.54, 1.807) is 24.1 Å². The lowest BCUT2D eigenvalue weighted by atomic mass is 10.2. The molecule has 0 aliphatic heterocycles. The molecule has 1 aromatic rings. The molecule has 5 nitrogen and oxygen atoms in total. The lowest BCUT2D eigenvalue weighted by Gasteiger charge is -2.15. The first-order chi connectivity index (χ1) is 9.04. The third-order valence-corrected chi connectivity index (χ3v) is 2.62. The van der Waals surface area contributed by atoms with E-state index in [4.69, 9.17) is 5.11 Å². The summed E-state index contributed by atoms with van der Waals surface area (Å²) in [5.41, 5.74) is 1.02. The number of nitrogens with zero attached hydrogens (tertiary/aromatic N) is 2. The molecule has 0 spiro atoms. The summed E-state index contributed by atoms with van der Waals surface area (Å²) in [6.45, 7) is 2.78. The number of carboxylic acid groups (broad SMARTS) is 1. The Morgan fingerprint density at radius 3 is 2.68 bits per heavy atom. The number of carboxylic acids is 1. The van der Waals surface area contributed by atoms with Crippen LogP contribution in [0.3, 0.4) is 0 Å². The molecule has 0 aromatic carbocycles. The van der Waals surface area contributed by atoms with E-state index in [1.807, 2.05) is 0 Å². The summed E-state index contributed by atoms with van der Waals surface area (Å²) in [6, 6.07) is 3.28. The monoisotopic (exact) mass is 262 g/mol. The zero-order valence-electron chi connectivity index (χ0n) is 11.2. The van der Waals surface area contributed by atoms with Crippen LogP contribution in [-0.2, 0) is 4.79 Å². The first-order valence-electron chi connectivity index (χ1n) is 6.17. The minimum Gasteiger partial charge on any atom is -0.478 e. The van der Waals surface area contributed by atoms with Gasteiger partial charge in [-0.25, -0.2) is 4.79 Å². The molecule has 102 valence electrons. The second kappa shape index (κ2) is 7.31. The molecule has 1 N–H and O–H groups in total. The van der Waals surface area contributed by atoms with Gasteiger partial charge in [0, 0.05) is 25.9 Å². The number of carbonyl (C=O) groups is 2. The largest absolute Gasteiger partial charge is 0.478 e. The number of amides is 1. The SMILES string of the molecule is CCCCN(C)C(=O)c1ccc(C=CC(=O)O)cn1. The fourth-order valence-corrected chi connectivity index (χ4v) is 1.49. The number of pyridine rings is 1. The van der Waals surface area contributed by atoms with Gasteiger partial charge in [-0.1, -0.05) is 19.4 Å². The Balaban J connectivity index is 2.70. The number of hydrogen-bond acceptors (Lipinski definition) is 3. The first-order valence-corrected chi connectivity index (χ1v) is 6.17. The molecule has 1 rings (SSSR count). The average molecular weight is 262 g/mol. The van der Waals surface area contributed by atoms with Crippen molar-refractivity contribution in [2.45, 2.75) is 19.8 Å². The summed E-state index contributed by atoms with van der Waals surface area (Å²) < 4.78 is 0. The predicted octanol–water partition coefficient (Wildman–Crippen LogP) is 2.05. The number of rotatable bonds is 6. The van der Waals surface area contributed by atoms with Crippen LogP contribution in [0.2, 0.25) is 0 Å². The minimum atomic E-state index is -1.01. The first kappa shape index (κ1) is 14.9. The van der Waals surface area contributed by atoms with Crippen molar-refractivity contribution >= 4 is 18.0 Å². The Morgan fingerprint density at radius 1 is 1.42 bits per heavy atom. The number of aromatic nitrogens is 1. The van der Waals surface area contributed by atoms with Crippen LogP contribution in [0.5, 0.6) is 0 Å². The van der Waals surface area contributed by atoms with Gasteiger partial charge in [-0.05, 0) is 24.1 Å². The summed E-state index contributed by atoms with van der Waals surface area (Å²) >= 11 is 0. The maximum absolute atomic E-state index is 12.0. The Hall–Kier alpha value is -2.17. The lowest BCUT2D eigenvalue weighted by Crippen LogP contribution is -2.28. The van der Waals surface area contributed by atoms with Crippen LogP contribution in [0.15, 0.2) is 24.4 Å². The van der Waals surface area contributed by atoms with Gasteiger partial charge in [-0.2, -0.15) is 0 Å². The lowest BCUT2D eigenvalue weighted by molar-refractivity contribution is -0.131. The van der Waals surface area contributed by atoms with Crippen LogP contribution in [-0.4, -0.2) is 40.5 Å². The van der Waals surface area contributed by atoms with Crippen molar-refractivity contribution in [3.05, 3.63) is 35.7 Å². The van der Waals surface area contributed by atoms with Crippen molar-refractivity contribution in [2.24, 2.45) is 0 Å². The van der Waals surface area contributed by atoms with Crippen molar-refractivity contribution in [1.82, 2.24) is 9.88 Å². The molecule has 0 saturated heterocycles. The zero-order chi connectivity index (χ0) is 14.3. The number of unbranched alkanes of at least 4 members (excludes halogenated alkanes) is 1. The van der Waals surface area contributed by atoms with E-state index in [9.17, 15) is 9.59 Å². The fraction of sp³-hybridized carbons (Fsp3) is 0.357. The molecule has 1 aromatic heterocycles. The van der Waals surface area contributed by atoms with Gasteiger partial charge in [0.2, 0.25) is 0 Å². The van der Waals surface area contributed by atoms with Crippen molar-refractivity contribution < 1.29 is 14.7 Å². The minimum absolute atomic E-state index is 0.123. The molecule has 5 heteroatoms. The van der Waals surface area contributed by atoms with E-state index in [1.165, 1.54) is 12.3 Å². The highest BCUT2D eigenvalue weighted by Gasteiger charge is 2.11. The van der Waals surface area contributed by atoms with Crippen LogP contribution in [0.25, 0.3) is 6.08 Å². The van der Waals surface area contributed by atoms with E-state index in [2.05, 4.69) is 11.9 Å². The van der Waals surface area contributed by atoms with E-state index in [-0.39, 0.29) is 5.91 Å². The number of aliphatic carboxylic acids is 1. The van der Waals surface area contributed by atoms with Crippen molar-refractivity contribution in [3.63, 3.8) is 0 Å². The second-order valence-corrected chi connectivity index (χ2v) is 4.23. The normalized spacial score (nSPS) is 10.6. The second-order valence-electron chi connectivity index (χ2n) is 4.23. The van der Waals surface area contributed by atoms with Crippen molar-refractivity contribution in [1.29, 1.82) is 0 Å². The van der Waals surface area contributed by atoms with Crippen LogP contribution in [0.4, 0.5) is 0 Å². The smallest absolute Gasteiger partial charge is 0.328 e. The Labute approximate surface area is 112 Å². The van der Waals surface area contributed by atoms with Gasteiger partial charge in [0.1, 0.15) is 5.69 Å². The molecule has 0 fully saturated rings.